The van der Waals surface area contributed by atoms with Gasteiger partial charge in [0.2, 0.25) is 11.7 Å². The number of nitrogens with zero attached hydrogens (tertiary/aromatic N) is 3. The van der Waals surface area contributed by atoms with Crippen LogP contribution in [0.15, 0.2) is 16.7 Å². The fraction of sp³-hybridized carbons (Fsp3) is 0.556. The van der Waals surface area contributed by atoms with Crippen molar-refractivity contribution in [1.29, 1.82) is 0 Å². The van der Waals surface area contributed by atoms with Gasteiger partial charge in [0.15, 0.2) is 0 Å². The zero-order valence-corrected chi connectivity index (χ0v) is 15.5. The largest absolute Gasteiger partial charge is 0.466 e. The first-order valence-electron chi connectivity index (χ1n) is 8.71. The van der Waals surface area contributed by atoms with E-state index in [0.29, 0.717) is 12.4 Å². The first kappa shape index (κ1) is 18.2. The van der Waals surface area contributed by atoms with E-state index < -0.39 is 4.92 Å². The van der Waals surface area contributed by atoms with Gasteiger partial charge in [-0.2, -0.15) is 0 Å². The minimum Gasteiger partial charge on any atom is -0.466 e. The SMILES string of the molecule is Cc1cc2c(o1)CC(C)(C)CC2NC(=O)CCn1cc([N+](=O)[O-])nc1C. The van der Waals surface area contributed by atoms with Crippen LogP contribution in [0.4, 0.5) is 5.82 Å². The molecule has 2 aromatic heterocycles. The molecular weight excluding hydrogens is 336 g/mol. The lowest BCUT2D eigenvalue weighted by Gasteiger charge is -2.34. The molecule has 1 aliphatic carbocycles. The summed E-state index contributed by atoms with van der Waals surface area (Å²) in [5.41, 5.74) is 1.11. The summed E-state index contributed by atoms with van der Waals surface area (Å²) in [5.74, 6) is 2.04. The minimum atomic E-state index is -0.531. The van der Waals surface area contributed by atoms with E-state index in [1.807, 2.05) is 13.0 Å². The molecule has 1 atom stereocenters. The van der Waals surface area contributed by atoms with Crippen LogP contribution < -0.4 is 5.32 Å². The van der Waals surface area contributed by atoms with E-state index in [1.165, 1.54) is 6.20 Å². The number of fused-ring (bicyclic) bond motifs is 1. The van der Waals surface area contributed by atoms with Crippen molar-refractivity contribution in [2.75, 3.05) is 0 Å². The number of rotatable bonds is 5. The normalized spacial score (nSPS) is 18.4. The summed E-state index contributed by atoms with van der Waals surface area (Å²) >= 11 is 0. The average molecular weight is 360 g/mol. The highest BCUT2D eigenvalue weighted by molar-refractivity contribution is 5.76. The zero-order chi connectivity index (χ0) is 19.1. The van der Waals surface area contributed by atoms with Crippen LogP contribution in [0, 0.1) is 29.4 Å². The van der Waals surface area contributed by atoms with Crippen molar-refractivity contribution in [3.63, 3.8) is 0 Å². The number of aromatic nitrogens is 2. The van der Waals surface area contributed by atoms with Crippen LogP contribution in [0.25, 0.3) is 0 Å². The van der Waals surface area contributed by atoms with Gasteiger partial charge in [0.1, 0.15) is 17.7 Å². The predicted molar refractivity (Wildman–Crippen MR) is 94.7 cm³/mol. The molecule has 0 spiro atoms. The van der Waals surface area contributed by atoms with Gasteiger partial charge in [-0.3, -0.25) is 4.79 Å². The molecule has 1 N–H and O–H groups in total. The van der Waals surface area contributed by atoms with E-state index in [1.54, 1.807) is 11.5 Å². The van der Waals surface area contributed by atoms with Crippen LogP contribution in [0.5, 0.6) is 0 Å². The van der Waals surface area contributed by atoms with Gasteiger partial charge in [0.05, 0.1) is 6.04 Å². The van der Waals surface area contributed by atoms with Crippen LogP contribution in [0.1, 0.15) is 55.6 Å². The monoisotopic (exact) mass is 360 g/mol. The number of carbonyl (C=O) groups is 1. The van der Waals surface area contributed by atoms with Gasteiger partial charge in [-0.25, -0.2) is 0 Å². The van der Waals surface area contributed by atoms with Gasteiger partial charge in [0, 0.05) is 31.9 Å². The maximum absolute atomic E-state index is 12.5. The Morgan fingerprint density at radius 1 is 1.50 bits per heavy atom. The van der Waals surface area contributed by atoms with Crippen LogP contribution in [0.3, 0.4) is 0 Å². The molecule has 0 fully saturated rings. The van der Waals surface area contributed by atoms with Crippen molar-refractivity contribution in [2.24, 2.45) is 5.41 Å². The van der Waals surface area contributed by atoms with Crippen molar-refractivity contribution >= 4 is 11.7 Å². The maximum atomic E-state index is 12.5. The summed E-state index contributed by atoms with van der Waals surface area (Å²) in [7, 11) is 0. The van der Waals surface area contributed by atoms with E-state index >= 15 is 0 Å². The summed E-state index contributed by atoms with van der Waals surface area (Å²) in [6.07, 6.45) is 3.31. The van der Waals surface area contributed by atoms with Crippen LogP contribution >= 0.6 is 0 Å². The molecule has 0 saturated carbocycles. The molecule has 0 bridgehead atoms. The number of hydrogen-bond donors (Lipinski definition) is 1. The molecule has 0 aliphatic heterocycles. The highest BCUT2D eigenvalue weighted by Crippen LogP contribution is 2.42. The Morgan fingerprint density at radius 2 is 2.23 bits per heavy atom. The molecule has 0 saturated heterocycles. The number of nitro groups is 1. The lowest BCUT2D eigenvalue weighted by molar-refractivity contribution is -0.389. The molecule has 3 rings (SSSR count). The molecule has 8 nitrogen and oxygen atoms in total. The fourth-order valence-corrected chi connectivity index (χ4v) is 3.61. The highest BCUT2D eigenvalue weighted by Gasteiger charge is 2.35. The zero-order valence-electron chi connectivity index (χ0n) is 15.5. The molecule has 2 aromatic rings. The minimum absolute atomic E-state index is 0.0524. The molecule has 140 valence electrons. The lowest BCUT2D eigenvalue weighted by atomic mass is 9.74. The van der Waals surface area contributed by atoms with E-state index in [-0.39, 0.29) is 29.6 Å². The van der Waals surface area contributed by atoms with E-state index in [9.17, 15) is 14.9 Å². The molecule has 0 aromatic carbocycles. The summed E-state index contributed by atoms with van der Waals surface area (Å²) in [4.78, 5) is 26.6. The number of carbonyl (C=O) groups excluding carboxylic acids is 1. The number of furan rings is 1. The molecule has 1 amide bonds. The predicted octanol–water partition coefficient (Wildman–Crippen LogP) is 3.22. The third kappa shape index (κ3) is 3.79. The molecule has 2 heterocycles. The van der Waals surface area contributed by atoms with Crippen molar-refractivity contribution in [3.8, 4) is 0 Å². The fourth-order valence-electron chi connectivity index (χ4n) is 3.61. The maximum Gasteiger partial charge on any atom is 0.381 e. The van der Waals surface area contributed by atoms with Crippen LogP contribution in [-0.2, 0) is 17.8 Å². The number of imidazole rings is 1. The molecule has 1 unspecified atom stereocenters. The van der Waals surface area contributed by atoms with Gasteiger partial charge in [-0.1, -0.05) is 13.8 Å². The van der Waals surface area contributed by atoms with Gasteiger partial charge in [0.25, 0.3) is 0 Å². The lowest BCUT2D eigenvalue weighted by Crippen LogP contribution is -2.36. The average Bonchev–Trinajstić information content (AvgIpc) is 3.06. The second-order valence-electron chi connectivity index (χ2n) is 7.75. The summed E-state index contributed by atoms with van der Waals surface area (Å²) in [5, 5.41) is 13.9. The smallest absolute Gasteiger partial charge is 0.381 e. The van der Waals surface area contributed by atoms with Crippen molar-refractivity contribution in [1.82, 2.24) is 14.9 Å². The number of aryl methyl sites for hydroxylation is 3. The Bertz CT molecular complexity index is 849. The van der Waals surface area contributed by atoms with Crippen molar-refractivity contribution in [2.45, 2.75) is 59.5 Å². The summed E-state index contributed by atoms with van der Waals surface area (Å²) in [6.45, 7) is 8.29. The third-order valence-corrected chi connectivity index (χ3v) is 4.80. The second kappa shape index (κ2) is 6.59. The molecule has 8 heteroatoms. The first-order chi connectivity index (χ1) is 12.1. The van der Waals surface area contributed by atoms with Crippen molar-refractivity contribution in [3.05, 3.63) is 45.3 Å². The molecule has 26 heavy (non-hydrogen) atoms. The first-order valence-corrected chi connectivity index (χ1v) is 8.71. The van der Waals surface area contributed by atoms with Crippen molar-refractivity contribution < 1.29 is 14.1 Å². The number of nitrogens with one attached hydrogen (secondary N) is 1. The highest BCUT2D eigenvalue weighted by atomic mass is 16.6. The Morgan fingerprint density at radius 3 is 2.88 bits per heavy atom. The quantitative estimate of drug-likeness (QED) is 0.651. The van der Waals surface area contributed by atoms with E-state index in [2.05, 4.69) is 24.1 Å². The van der Waals surface area contributed by atoms with Crippen LogP contribution in [0.2, 0.25) is 0 Å². The second-order valence-corrected chi connectivity index (χ2v) is 7.75. The van der Waals surface area contributed by atoms with Gasteiger partial charge in [-0.15, -0.1) is 0 Å². The Balaban J connectivity index is 1.66. The van der Waals surface area contributed by atoms with Gasteiger partial charge in [-0.05, 0) is 34.7 Å². The molecular formula is C18H24N4O4. The number of hydrogen-bond acceptors (Lipinski definition) is 5. The standard InChI is InChI=1S/C18H24N4O4/c1-11-7-13-14(8-18(3,4)9-15(13)26-11)20-17(23)5-6-21-10-16(22(24)25)19-12(21)2/h7,10,14H,5-6,8-9H2,1-4H3,(H,20,23). The Hall–Kier alpha value is -2.64. The third-order valence-electron chi connectivity index (χ3n) is 4.80. The molecule has 1 aliphatic rings. The summed E-state index contributed by atoms with van der Waals surface area (Å²) in [6, 6.07) is 1.93. The van der Waals surface area contributed by atoms with E-state index in [4.69, 9.17) is 4.42 Å². The number of amides is 1. The van der Waals surface area contributed by atoms with Gasteiger partial charge < -0.3 is 24.4 Å². The van der Waals surface area contributed by atoms with Gasteiger partial charge >= 0.3 is 5.82 Å². The Labute approximate surface area is 151 Å². The topological polar surface area (TPSA) is 103 Å². The van der Waals surface area contributed by atoms with Crippen LogP contribution in [-0.4, -0.2) is 20.4 Å². The molecule has 0 radical (unpaired) electrons. The summed E-state index contributed by atoms with van der Waals surface area (Å²) < 4.78 is 7.43. The Kier molecular flexibility index (Phi) is 4.60. The van der Waals surface area contributed by atoms with E-state index in [0.717, 1.165) is 29.9 Å².